The summed E-state index contributed by atoms with van der Waals surface area (Å²) in [6, 6.07) is 21.4. The lowest BCUT2D eigenvalue weighted by Crippen LogP contribution is -2.30. The number of aryl methyl sites for hydroxylation is 1. The minimum atomic E-state index is 0.159. The Morgan fingerprint density at radius 3 is 2.67 bits per heavy atom. The maximum absolute atomic E-state index is 6.61. The molecule has 0 unspecified atom stereocenters. The summed E-state index contributed by atoms with van der Waals surface area (Å²) in [6.07, 6.45) is 5.74. The number of benzene rings is 3. The van der Waals surface area contributed by atoms with Crippen LogP contribution in [0.1, 0.15) is 40.6 Å². The van der Waals surface area contributed by atoms with Crippen LogP contribution >= 0.6 is 35.0 Å². The standard InChI is InChI=1S/C26H23Cl2NS/c1-16-13-17(15-30-18-7-3-2-4-8-18)14-22-19-9-5-10-20(19)26(29-25(16)22)21-11-6-12-23(27)24(21)28/h2-9,11-14,19-20,26,29H,10,15H2,1H3/t19-,20-,26+/m1/s1. The molecule has 0 spiro atoms. The molecule has 3 aromatic carbocycles. The van der Waals surface area contributed by atoms with E-state index in [4.69, 9.17) is 23.2 Å². The molecule has 0 aromatic heterocycles. The molecule has 1 nitrogen and oxygen atoms in total. The smallest absolute Gasteiger partial charge is 0.0645 e. The molecular formula is C26H23Cl2NS. The van der Waals surface area contributed by atoms with Crippen molar-refractivity contribution < 1.29 is 0 Å². The number of fused-ring (bicyclic) bond motifs is 3. The highest BCUT2D eigenvalue weighted by Gasteiger charge is 2.39. The first-order valence-electron chi connectivity index (χ1n) is 10.3. The monoisotopic (exact) mass is 451 g/mol. The number of allylic oxidation sites excluding steroid dienone is 2. The summed E-state index contributed by atoms with van der Waals surface area (Å²) in [5.41, 5.74) is 6.42. The molecule has 2 aliphatic rings. The van der Waals surface area contributed by atoms with Gasteiger partial charge in [-0.3, -0.25) is 0 Å². The Morgan fingerprint density at radius 1 is 1.00 bits per heavy atom. The van der Waals surface area contributed by atoms with Crippen molar-refractivity contribution in [1.29, 1.82) is 0 Å². The summed E-state index contributed by atoms with van der Waals surface area (Å²) in [7, 11) is 0. The van der Waals surface area contributed by atoms with E-state index in [1.807, 2.05) is 23.9 Å². The SMILES string of the molecule is Cc1cc(CSc2ccccc2)cc2c1N[C@H](c1cccc(Cl)c1Cl)[C@@H]1CC=C[C@@H]21. The highest BCUT2D eigenvalue weighted by Crippen LogP contribution is 2.52. The molecular weight excluding hydrogens is 429 g/mol. The van der Waals surface area contributed by atoms with Gasteiger partial charge in [0.25, 0.3) is 0 Å². The molecule has 0 fully saturated rings. The molecule has 0 bridgehead atoms. The second kappa shape index (κ2) is 8.34. The molecule has 0 amide bonds. The van der Waals surface area contributed by atoms with Crippen LogP contribution in [0.3, 0.4) is 0 Å². The number of nitrogens with one attached hydrogen (secondary N) is 1. The molecule has 1 heterocycles. The molecule has 0 radical (unpaired) electrons. The van der Waals surface area contributed by atoms with Crippen LogP contribution in [-0.2, 0) is 5.75 Å². The van der Waals surface area contributed by atoms with Crippen molar-refractivity contribution in [2.24, 2.45) is 5.92 Å². The van der Waals surface area contributed by atoms with Gasteiger partial charge in [0.2, 0.25) is 0 Å². The van der Waals surface area contributed by atoms with E-state index in [0.29, 0.717) is 21.9 Å². The van der Waals surface area contributed by atoms with Crippen LogP contribution < -0.4 is 5.32 Å². The molecule has 3 atom stereocenters. The van der Waals surface area contributed by atoms with Crippen LogP contribution in [0.5, 0.6) is 0 Å². The zero-order valence-electron chi connectivity index (χ0n) is 16.7. The average Bonchev–Trinajstić information content (AvgIpc) is 3.25. The molecule has 1 aliphatic carbocycles. The lowest BCUT2D eigenvalue weighted by Gasteiger charge is -2.39. The number of anilines is 1. The number of thioether (sulfide) groups is 1. The van der Waals surface area contributed by atoms with E-state index >= 15 is 0 Å². The summed E-state index contributed by atoms with van der Waals surface area (Å²) in [6.45, 7) is 2.21. The molecule has 0 saturated heterocycles. The lowest BCUT2D eigenvalue weighted by molar-refractivity contribution is 0.425. The topological polar surface area (TPSA) is 12.0 Å². The van der Waals surface area contributed by atoms with E-state index in [-0.39, 0.29) is 6.04 Å². The van der Waals surface area contributed by atoms with Crippen LogP contribution in [0, 0.1) is 12.8 Å². The van der Waals surface area contributed by atoms with Gasteiger partial charge in [-0.05, 0) is 59.7 Å². The van der Waals surface area contributed by atoms with Crippen molar-refractivity contribution in [2.45, 2.75) is 36.0 Å². The summed E-state index contributed by atoms with van der Waals surface area (Å²) in [5.74, 6) is 1.83. The van der Waals surface area contributed by atoms with Gasteiger partial charge < -0.3 is 5.32 Å². The second-order valence-electron chi connectivity index (χ2n) is 8.10. The highest BCUT2D eigenvalue weighted by molar-refractivity contribution is 7.98. The number of hydrogen-bond donors (Lipinski definition) is 1. The van der Waals surface area contributed by atoms with Crippen molar-refractivity contribution in [2.75, 3.05) is 5.32 Å². The zero-order valence-corrected chi connectivity index (χ0v) is 19.1. The van der Waals surface area contributed by atoms with Crippen molar-refractivity contribution in [3.8, 4) is 0 Å². The molecule has 4 heteroatoms. The van der Waals surface area contributed by atoms with Gasteiger partial charge in [-0.2, -0.15) is 0 Å². The van der Waals surface area contributed by atoms with Crippen LogP contribution in [0.25, 0.3) is 0 Å². The van der Waals surface area contributed by atoms with Crippen LogP contribution in [0.2, 0.25) is 10.0 Å². The van der Waals surface area contributed by atoms with Gasteiger partial charge in [0.15, 0.2) is 0 Å². The first-order chi connectivity index (χ1) is 14.6. The van der Waals surface area contributed by atoms with E-state index in [1.54, 1.807) is 0 Å². The minimum absolute atomic E-state index is 0.159. The Kier molecular flexibility index (Phi) is 5.58. The highest BCUT2D eigenvalue weighted by atomic mass is 35.5. The van der Waals surface area contributed by atoms with E-state index in [1.165, 1.54) is 27.3 Å². The summed E-state index contributed by atoms with van der Waals surface area (Å²) < 4.78 is 0. The quantitative estimate of drug-likeness (QED) is 0.315. The maximum Gasteiger partial charge on any atom is 0.0645 e. The molecule has 30 heavy (non-hydrogen) atoms. The molecule has 5 rings (SSSR count). The fourth-order valence-electron chi connectivity index (χ4n) is 4.80. The van der Waals surface area contributed by atoms with Crippen molar-refractivity contribution in [3.05, 3.63) is 105 Å². The van der Waals surface area contributed by atoms with Crippen molar-refractivity contribution in [3.63, 3.8) is 0 Å². The average molecular weight is 452 g/mol. The van der Waals surface area contributed by atoms with Gasteiger partial charge >= 0.3 is 0 Å². The third kappa shape index (κ3) is 3.66. The predicted octanol–water partition coefficient (Wildman–Crippen LogP) is 8.42. The third-order valence-electron chi connectivity index (χ3n) is 6.19. The van der Waals surface area contributed by atoms with Crippen LogP contribution in [0.15, 0.2) is 77.7 Å². The molecule has 152 valence electrons. The predicted molar refractivity (Wildman–Crippen MR) is 130 cm³/mol. The molecule has 1 aliphatic heterocycles. The number of rotatable bonds is 4. The first kappa shape index (κ1) is 20.1. The van der Waals surface area contributed by atoms with E-state index in [0.717, 1.165) is 17.7 Å². The zero-order chi connectivity index (χ0) is 20.7. The van der Waals surface area contributed by atoms with Gasteiger partial charge in [-0.15, -0.1) is 11.8 Å². The first-order valence-corrected chi connectivity index (χ1v) is 12.0. The second-order valence-corrected chi connectivity index (χ2v) is 9.93. The fraction of sp³-hybridized carbons (Fsp3) is 0.231. The minimum Gasteiger partial charge on any atom is -0.377 e. The Balaban J connectivity index is 1.49. The van der Waals surface area contributed by atoms with E-state index in [9.17, 15) is 0 Å². The molecule has 1 N–H and O–H groups in total. The Labute approximate surface area is 192 Å². The van der Waals surface area contributed by atoms with E-state index < -0.39 is 0 Å². The van der Waals surface area contributed by atoms with Gasteiger partial charge in [0, 0.05) is 22.3 Å². The number of hydrogen-bond acceptors (Lipinski definition) is 2. The van der Waals surface area contributed by atoms with E-state index in [2.05, 4.69) is 72.9 Å². The summed E-state index contributed by atoms with van der Waals surface area (Å²) >= 11 is 14.8. The largest absolute Gasteiger partial charge is 0.377 e. The maximum atomic E-state index is 6.61. The van der Waals surface area contributed by atoms with Crippen LogP contribution in [-0.4, -0.2) is 0 Å². The third-order valence-corrected chi connectivity index (χ3v) is 8.11. The number of halogens is 2. The van der Waals surface area contributed by atoms with Crippen LogP contribution in [0.4, 0.5) is 5.69 Å². The van der Waals surface area contributed by atoms with Gasteiger partial charge in [-0.1, -0.05) is 77.8 Å². The van der Waals surface area contributed by atoms with Gasteiger partial charge in [0.05, 0.1) is 16.1 Å². The molecule has 0 saturated carbocycles. The molecule has 3 aromatic rings. The Hall–Kier alpha value is -1.87. The fourth-order valence-corrected chi connectivity index (χ4v) is 6.07. The van der Waals surface area contributed by atoms with Crippen molar-refractivity contribution in [1.82, 2.24) is 0 Å². The van der Waals surface area contributed by atoms with Gasteiger partial charge in [0.1, 0.15) is 0 Å². The summed E-state index contributed by atoms with van der Waals surface area (Å²) in [5, 5.41) is 5.12. The lowest BCUT2D eigenvalue weighted by atomic mass is 9.76. The normalized spacial score (nSPS) is 21.8. The Morgan fingerprint density at radius 2 is 1.83 bits per heavy atom. The summed E-state index contributed by atoms with van der Waals surface area (Å²) in [4.78, 5) is 1.31. The van der Waals surface area contributed by atoms with Gasteiger partial charge in [-0.25, -0.2) is 0 Å². The Bertz CT molecular complexity index is 1110. The van der Waals surface area contributed by atoms with Crippen molar-refractivity contribution >= 4 is 40.7 Å².